The van der Waals surface area contributed by atoms with Gasteiger partial charge in [0.15, 0.2) is 9.76 Å². The lowest BCUT2D eigenvalue weighted by Gasteiger charge is -2.11. The average Bonchev–Trinajstić information content (AvgIpc) is 2.37. The summed E-state index contributed by atoms with van der Waals surface area (Å²) < 4.78 is 11.2. The summed E-state index contributed by atoms with van der Waals surface area (Å²) in [5.74, 6) is 0. The van der Waals surface area contributed by atoms with Crippen molar-refractivity contribution in [2.24, 2.45) is 0 Å². The first kappa shape index (κ1) is 14.2. The van der Waals surface area contributed by atoms with Crippen molar-refractivity contribution in [3.63, 3.8) is 0 Å². The fourth-order valence-corrected chi connectivity index (χ4v) is 2.51. The van der Waals surface area contributed by atoms with Crippen molar-refractivity contribution in [3.8, 4) is 0 Å². The molecule has 0 aliphatic rings. The van der Waals surface area contributed by atoms with Crippen LogP contribution >= 0.6 is 0 Å². The molecule has 0 aliphatic carbocycles. The Morgan fingerprint density at radius 2 is 2.06 bits per heavy atom. The Bertz CT molecular complexity index is 321. The highest BCUT2D eigenvalue weighted by atomic mass is 28.2. The lowest BCUT2D eigenvalue weighted by atomic mass is 10.1. The van der Waals surface area contributed by atoms with Gasteiger partial charge in [0.2, 0.25) is 0 Å². The maximum absolute atomic E-state index is 5.79. The molecule has 3 heteroatoms. The molecule has 0 heterocycles. The molecule has 0 saturated heterocycles. The largest absolute Gasteiger partial charge is 0.419 e. The highest BCUT2D eigenvalue weighted by Crippen LogP contribution is 2.08. The van der Waals surface area contributed by atoms with Crippen molar-refractivity contribution in [2.45, 2.75) is 26.0 Å². The second-order valence-electron chi connectivity index (χ2n) is 4.23. The highest BCUT2D eigenvalue weighted by molar-refractivity contribution is 6.29. The summed E-state index contributed by atoms with van der Waals surface area (Å²) in [6.45, 7) is 10.3. The first-order valence-corrected chi connectivity index (χ1v) is 7.52. The van der Waals surface area contributed by atoms with Crippen molar-refractivity contribution in [1.29, 1.82) is 0 Å². The van der Waals surface area contributed by atoms with Crippen LogP contribution < -0.4 is 0 Å². The number of ether oxygens (including phenoxy) is 1. The van der Waals surface area contributed by atoms with E-state index in [1.54, 1.807) is 0 Å². The maximum Gasteiger partial charge on any atom is 0.167 e. The molecule has 0 spiro atoms. The smallest absolute Gasteiger partial charge is 0.167 e. The predicted octanol–water partition coefficient (Wildman–Crippen LogP) is 2.77. The molecule has 0 aromatic heterocycles. The van der Waals surface area contributed by atoms with Crippen LogP contribution in [0.3, 0.4) is 0 Å². The van der Waals surface area contributed by atoms with Crippen LogP contribution in [0.2, 0.25) is 5.54 Å². The standard InChI is InChI=1S/C14H22O2Si/c1-4-13-6-8-14(9-7-13)11-16-17-12(3)10-15-5-2/h4,6-9,12H,1,5,10-11,17H2,2-3H3. The Labute approximate surface area is 107 Å². The molecule has 0 bridgehead atoms. The SMILES string of the molecule is C=Cc1ccc(CO[SiH2]C(C)COCC)cc1. The molecule has 0 radical (unpaired) electrons. The minimum Gasteiger partial charge on any atom is -0.419 e. The molecule has 1 aromatic rings. The maximum atomic E-state index is 5.79. The van der Waals surface area contributed by atoms with Crippen LogP contribution in [0.15, 0.2) is 30.8 Å². The van der Waals surface area contributed by atoms with Crippen molar-refractivity contribution in [2.75, 3.05) is 13.2 Å². The molecule has 17 heavy (non-hydrogen) atoms. The van der Waals surface area contributed by atoms with E-state index in [-0.39, 0.29) is 0 Å². The number of rotatable bonds is 8. The quantitative estimate of drug-likeness (QED) is 0.661. The molecule has 0 saturated carbocycles. The van der Waals surface area contributed by atoms with Crippen molar-refractivity contribution in [3.05, 3.63) is 42.0 Å². The van der Waals surface area contributed by atoms with Gasteiger partial charge in [0, 0.05) is 13.2 Å². The summed E-state index contributed by atoms with van der Waals surface area (Å²) in [6, 6.07) is 8.32. The Kier molecular flexibility index (Phi) is 6.85. The number of hydrogen-bond donors (Lipinski definition) is 0. The molecule has 0 N–H and O–H groups in total. The second-order valence-corrected chi connectivity index (χ2v) is 6.36. The molecule has 1 rings (SSSR count). The third-order valence-corrected chi connectivity index (χ3v) is 3.74. The number of benzene rings is 1. The molecule has 1 aromatic carbocycles. The zero-order valence-electron chi connectivity index (χ0n) is 10.8. The first-order valence-electron chi connectivity index (χ1n) is 6.13. The van der Waals surface area contributed by atoms with Crippen LogP contribution in [0.1, 0.15) is 25.0 Å². The van der Waals surface area contributed by atoms with Crippen LogP contribution in [-0.4, -0.2) is 23.0 Å². The fourth-order valence-electron chi connectivity index (χ4n) is 1.50. The Morgan fingerprint density at radius 3 is 2.65 bits per heavy atom. The van der Waals surface area contributed by atoms with E-state index >= 15 is 0 Å². The molecule has 1 unspecified atom stereocenters. The van der Waals surface area contributed by atoms with E-state index in [9.17, 15) is 0 Å². The summed E-state index contributed by atoms with van der Waals surface area (Å²) in [5.41, 5.74) is 2.96. The van der Waals surface area contributed by atoms with Gasteiger partial charge in [-0.15, -0.1) is 0 Å². The molecule has 1 atom stereocenters. The van der Waals surface area contributed by atoms with E-state index in [2.05, 4.69) is 37.8 Å². The van der Waals surface area contributed by atoms with E-state index in [0.717, 1.165) is 25.4 Å². The van der Waals surface area contributed by atoms with Gasteiger partial charge in [-0.05, 0) is 23.6 Å². The minimum atomic E-state index is -0.489. The van der Waals surface area contributed by atoms with Gasteiger partial charge in [0.05, 0.1) is 6.61 Å². The minimum absolute atomic E-state index is 0.489. The van der Waals surface area contributed by atoms with Gasteiger partial charge >= 0.3 is 0 Å². The molecule has 0 aliphatic heterocycles. The summed E-state index contributed by atoms with van der Waals surface area (Å²) in [5, 5.41) is 0. The second kappa shape index (κ2) is 8.23. The van der Waals surface area contributed by atoms with Gasteiger partial charge in [-0.1, -0.05) is 43.8 Å². The Balaban J connectivity index is 2.23. The van der Waals surface area contributed by atoms with Gasteiger partial charge in [0.25, 0.3) is 0 Å². The van der Waals surface area contributed by atoms with Crippen LogP contribution in [0.25, 0.3) is 6.08 Å². The first-order chi connectivity index (χ1) is 8.26. The topological polar surface area (TPSA) is 18.5 Å². The van der Waals surface area contributed by atoms with Crippen molar-refractivity contribution >= 4 is 15.8 Å². The van der Waals surface area contributed by atoms with E-state index in [0.29, 0.717) is 5.54 Å². The van der Waals surface area contributed by atoms with Crippen LogP contribution in [0.5, 0.6) is 0 Å². The van der Waals surface area contributed by atoms with Gasteiger partial charge in [-0.3, -0.25) is 0 Å². The fraction of sp³-hybridized carbons (Fsp3) is 0.429. The molecule has 94 valence electrons. The van der Waals surface area contributed by atoms with E-state index in [4.69, 9.17) is 9.16 Å². The summed E-state index contributed by atoms with van der Waals surface area (Å²) >= 11 is 0. The Hall–Kier alpha value is -0.903. The van der Waals surface area contributed by atoms with Gasteiger partial charge < -0.3 is 9.16 Å². The third-order valence-electron chi connectivity index (χ3n) is 2.49. The zero-order chi connectivity index (χ0) is 12.5. The monoisotopic (exact) mass is 250 g/mol. The lowest BCUT2D eigenvalue weighted by molar-refractivity contribution is 0.144. The third kappa shape index (κ3) is 5.82. The van der Waals surface area contributed by atoms with E-state index < -0.39 is 9.76 Å². The van der Waals surface area contributed by atoms with E-state index in [1.165, 1.54) is 5.56 Å². The van der Waals surface area contributed by atoms with Crippen molar-refractivity contribution < 1.29 is 9.16 Å². The summed E-state index contributed by atoms with van der Waals surface area (Å²) in [7, 11) is -0.489. The van der Waals surface area contributed by atoms with Crippen LogP contribution in [0, 0.1) is 0 Å². The molecular formula is C14H22O2Si. The normalized spacial score (nSPS) is 13.1. The van der Waals surface area contributed by atoms with E-state index in [1.807, 2.05) is 13.0 Å². The number of hydrogen-bond acceptors (Lipinski definition) is 2. The summed E-state index contributed by atoms with van der Waals surface area (Å²) in [4.78, 5) is 0. The Morgan fingerprint density at radius 1 is 1.35 bits per heavy atom. The van der Waals surface area contributed by atoms with Gasteiger partial charge in [-0.2, -0.15) is 0 Å². The zero-order valence-corrected chi connectivity index (χ0v) is 12.2. The van der Waals surface area contributed by atoms with Crippen LogP contribution in [0.4, 0.5) is 0 Å². The summed E-state index contributed by atoms with van der Waals surface area (Å²) in [6.07, 6.45) is 1.85. The molecule has 0 fully saturated rings. The predicted molar refractivity (Wildman–Crippen MR) is 75.8 cm³/mol. The van der Waals surface area contributed by atoms with Gasteiger partial charge in [0.1, 0.15) is 0 Å². The molecular weight excluding hydrogens is 228 g/mol. The average molecular weight is 250 g/mol. The van der Waals surface area contributed by atoms with Crippen LogP contribution in [-0.2, 0) is 15.8 Å². The lowest BCUT2D eigenvalue weighted by Crippen LogP contribution is -2.11. The molecule has 2 nitrogen and oxygen atoms in total. The van der Waals surface area contributed by atoms with Gasteiger partial charge in [-0.25, -0.2) is 0 Å². The van der Waals surface area contributed by atoms with Crippen molar-refractivity contribution in [1.82, 2.24) is 0 Å². The molecule has 0 amide bonds. The highest BCUT2D eigenvalue weighted by Gasteiger charge is 2.03.